The van der Waals surface area contributed by atoms with Gasteiger partial charge in [0.05, 0.1) is 42.2 Å². The zero-order valence-electron chi connectivity index (χ0n) is 32.5. The molecule has 0 unspecified atom stereocenters. The molecule has 1 saturated heterocycles. The number of hydrogen-bond donors (Lipinski definition) is 4. The Balaban J connectivity index is 2.28. The van der Waals surface area contributed by atoms with E-state index in [9.17, 15) is 29.1 Å². The lowest BCUT2D eigenvalue weighted by atomic mass is 9.87. The number of carbonyl (C=O) groups excluding carboxylic acids is 4. The molecule has 0 saturated carbocycles. The molecule has 1 aromatic rings. The van der Waals surface area contributed by atoms with Gasteiger partial charge in [-0.1, -0.05) is 71.4 Å². The van der Waals surface area contributed by atoms with Gasteiger partial charge in [0.2, 0.25) is 23.6 Å². The van der Waals surface area contributed by atoms with Crippen molar-refractivity contribution in [3.05, 3.63) is 35.9 Å². The molecule has 13 nitrogen and oxygen atoms in total. The topological polar surface area (TPSA) is 167 Å². The number of rotatable bonds is 20. The van der Waals surface area contributed by atoms with Gasteiger partial charge >= 0.3 is 5.97 Å². The number of nitrogens with one attached hydrogen (secondary N) is 3. The second kappa shape index (κ2) is 20.0. The Bertz CT molecular complexity index is 1310. The highest BCUT2D eigenvalue weighted by atomic mass is 16.5. The fraction of sp³-hybridized carbons (Fsp3) is 0.711. The number of carbonyl (C=O) groups is 5. The van der Waals surface area contributed by atoms with E-state index in [4.69, 9.17) is 9.47 Å². The Morgan fingerprint density at radius 1 is 1.02 bits per heavy atom. The highest BCUT2D eigenvalue weighted by Crippen LogP contribution is 2.30. The predicted molar refractivity (Wildman–Crippen MR) is 196 cm³/mol. The molecule has 51 heavy (non-hydrogen) atoms. The third kappa shape index (κ3) is 11.6. The van der Waals surface area contributed by atoms with Crippen molar-refractivity contribution in [2.75, 3.05) is 34.9 Å². The van der Waals surface area contributed by atoms with Gasteiger partial charge in [0, 0.05) is 33.2 Å². The number of ether oxygens (including phenoxy) is 2. The number of hydrogen-bond acceptors (Lipinski definition) is 9. The average molecular weight is 718 g/mol. The van der Waals surface area contributed by atoms with Crippen molar-refractivity contribution in [2.24, 2.45) is 17.8 Å². The molecule has 4 amide bonds. The van der Waals surface area contributed by atoms with Gasteiger partial charge in [-0.3, -0.25) is 29.4 Å². The summed E-state index contributed by atoms with van der Waals surface area (Å²) in [5, 5.41) is 18.0. The van der Waals surface area contributed by atoms with Crippen LogP contribution in [0.2, 0.25) is 0 Å². The van der Waals surface area contributed by atoms with Crippen molar-refractivity contribution in [2.45, 2.75) is 122 Å². The van der Waals surface area contributed by atoms with E-state index in [1.807, 2.05) is 63.1 Å². The zero-order valence-corrected chi connectivity index (χ0v) is 32.5. The highest BCUT2D eigenvalue weighted by Gasteiger charge is 2.44. The SMILES string of the molecule is CC[C@H](C)[C@@H]([C@@H](CC(=O)N1CCC[C@H]1[C@H](OC)[C@@H](C)C(=O)N[C@H](Cc1ccccc1)C(=O)O)OC)N(C)[C@H](C(=O)NC(=O)C(C)(C)NC)C(C)C. The van der Waals surface area contributed by atoms with Crippen LogP contribution in [-0.4, -0.2) is 121 Å². The number of likely N-dealkylation sites (tertiary alicyclic amines) is 1. The van der Waals surface area contributed by atoms with E-state index in [1.165, 1.54) is 7.11 Å². The van der Waals surface area contributed by atoms with Gasteiger partial charge in [0.1, 0.15) is 6.04 Å². The van der Waals surface area contributed by atoms with E-state index in [1.54, 1.807) is 39.8 Å². The molecule has 1 aliphatic rings. The van der Waals surface area contributed by atoms with Crippen LogP contribution in [0.15, 0.2) is 30.3 Å². The number of imide groups is 1. The minimum absolute atomic E-state index is 0.0223. The van der Waals surface area contributed by atoms with Crippen molar-refractivity contribution in [3.63, 3.8) is 0 Å². The number of amides is 4. The standard InChI is InChI=1S/C38H63N5O8/c1-12-24(4)32(42(9)31(23(2)3)35(46)41-37(49)38(6,7)39-8)29(50-10)22-30(44)43-20-16-19-28(43)33(51-11)25(5)34(45)40-27(36(47)48)21-26-17-14-13-15-18-26/h13-15,17-18,23-25,27-29,31-33,39H,12,16,19-22H2,1-11H3,(H,40,45)(H,47,48)(H,41,46,49)/t24-,25+,27+,28-,29+,31-,32-,33+/m0/s1. The quantitative estimate of drug-likeness (QED) is 0.158. The Morgan fingerprint density at radius 3 is 2.16 bits per heavy atom. The van der Waals surface area contributed by atoms with Crippen LogP contribution in [0.1, 0.15) is 79.7 Å². The number of benzene rings is 1. The first-order valence-electron chi connectivity index (χ1n) is 18.1. The van der Waals surface area contributed by atoms with E-state index in [-0.39, 0.29) is 36.6 Å². The Hall–Kier alpha value is -3.39. The minimum atomic E-state index is -1.14. The average Bonchev–Trinajstić information content (AvgIpc) is 3.57. The van der Waals surface area contributed by atoms with Crippen LogP contribution in [0.25, 0.3) is 0 Å². The molecular formula is C38H63N5O8. The van der Waals surface area contributed by atoms with Crippen LogP contribution >= 0.6 is 0 Å². The summed E-state index contributed by atoms with van der Waals surface area (Å²) in [6, 6.07) is 6.54. The molecule has 0 bridgehead atoms. The van der Waals surface area contributed by atoms with Crippen molar-refractivity contribution in [1.29, 1.82) is 0 Å². The maximum atomic E-state index is 14.1. The molecular weight excluding hydrogens is 654 g/mol. The van der Waals surface area contributed by atoms with Crippen molar-refractivity contribution in [1.82, 2.24) is 25.8 Å². The van der Waals surface area contributed by atoms with Crippen LogP contribution in [0.4, 0.5) is 0 Å². The van der Waals surface area contributed by atoms with E-state index >= 15 is 0 Å². The number of nitrogens with zero attached hydrogens (tertiary/aromatic N) is 2. The monoisotopic (exact) mass is 717 g/mol. The summed E-state index contributed by atoms with van der Waals surface area (Å²) in [5.74, 6) is -3.50. The van der Waals surface area contributed by atoms with Crippen LogP contribution in [0, 0.1) is 17.8 Å². The first kappa shape index (κ1) is 43.8. The van der Waals surface area contributed by atoms with E-state index in [0.29, 0.717) is 13.0 Å². The lowest BCUT2D eigenvalue weighted by Gasteiger charge is -2.43. The van der Waals surface area contributed by atoms with E-state index < -0.39 is 65.5 Å². The van der Waals surface area contributed by atoms with Gasteiger partial charge in [0.15, 0.2) is 0 Å². The van der Waals surface area contributed by atoms with Gasteiger partial charge in [0.25, 0.3) is 0 Å². The summed E-state index contributed by atoms with van der Waals surface area (Å²) in [7, 11) is 6.56. The second-order valence-electron chi connectivity index (χ2n) is 14.8. The van der Waals surface area contributed by atoms with Gasteiger partial charge < -0.3 is 30.1 Å². The maximum absolute atomic E-state index is 14.1. The third-order valence-corrected chi connectivity index (χ3v) is 10.6. The van der Waals surface area contributed by atoms with E-state index in [2.05, 4.69) is 22.9 Å². The van der Waals surface area contributed by atoms with E-state index in [0.717, 1.165) is 18.4 Å². The van der Waals surface area contributed by atoms with Gasteiger partial charge in [-0.2, -0.15) is 0 Å². The Labute approximate surface area is 304 Å². The molecule has 288 valence electrons. The molecule has 0 spiro atoms. The van der Waals surface area contributed by atoms with Gasteiger partial charge in [-0.05, 0) is 58.2 Å². The molecule has 1 aromatic carbocycles. The summed E-state index contributed by atoms with van der Waals surface area (Å²) in [6.07, 6.45) is 0.988. The molecule has 4 N–H and O–H groups in total. The predicted octanol–water partition coefficient (Wildman–Crippen LogP) is 2.86. The molecule has 1 heterocycles. The van der Waals surface area contributed by atoms with Gasteiger partial charge in [-0.15, -0.1) is 0 Å². The Morgan fingerprint density at radius 2 is 1.65 bits per heavy atom. The summed E-state index contributed by atoms with van der Waals surface area (Å²) in [5.41, 5.74) is -0.160. The first-order valence-corrected chi connectivity index (χ1v) is 18.1. The molecule has 0 aromatic heterocycles. The van der Waals surface area contributed by atoms with Crippen LogP contribution in [0.5, 0.6) is 0 Å². The number of aliphatic carboxylic acids is 1. The normalized spacial score (nSPS) is 19.2. The number of likely N-dealkylation sites (N-methyl/N-ethyl adjacent to an activating group) is 2. The smallest absolute Gasteiger partial charge is 0.326 e. The molecule has 1 fully saturated rings. The fourth-order valence-electron chi connectivity index (χ4n) is 7.14. The van der Waals surface area contributed by atoms with Crippen LogP contribution in [-0.2, 0) is 39.9 Å². The molecule has 8 atom stereocenters. The minimum Gasteiger partial charge on any atom is -0.480 e. The van der Waals surface area contributed by atoms with Crippen LogP contribution < -0.4 is 16.0 Å². The summed E-state index contributed by atoms with van der Waals surface area (Å²) in [6.45, 7) is 13.5. The molecule has 13 heteroatoms. The largest absolute Gasteiger partial charge is 0.480 e. The van der Waals surface area contributed by atoms with Gasteiger partial charge in [-0.25, -0.2) is 4.79 Å². The third-order valence-electron chi connectivity index (χ3n) is 10.6. The lowest BCUT2D eigenvalue weighted by Crippen LogP contribution is -2.61. The Kier molecular flexibility index (Phi) is 17.2. The number of carboxylic acids is 1. The zero-order chi connectivity index (χ0) is 38.6. The molecule has 1 aliphatic heterocycles. The van der Waals surface area contributed by atoms with Crippen molar-refractivity contribution < 1.29 is 38.6 Å². The first-order chi connectivity index (χ1) is 23.9. The molecule has 0 aliphatic carbocycles. The fourth-order valence-corrected chi connectivity index (χ4v) is 7.14. The summed E-state index contributed by atoms with van der Waals surface area (Å²) >= 11 is 0. The number of methoxy groups -OCH3 is 2. The highest BCUT2D eigenvalue weighted by molar-refractivity contribution is 6.01. The van der Waals surface area contributed by atoms with Crippen LogP contribution in [0.3, 0.4) is 0 Å². The summed E-state index contributed by atoms with van der Waals surface area (Å²) in [4.78, 5) is 69.9. The maximum Gasteiger partial charge on any atom is 0.326 e. The van der Waals surface area contributed by atoms with Crippen molar-refractivity contribution >= 4 is 29.6 Å². The lowest BCUT2D eigenvalue weighted by molar-refractivity contribution is -0.146. The molecule has 2 rings (SSSR count). The second-order valence-corrected chi connectivity index (χ2v) is 14.8. The van der Waals surface area contributed by atoms with Crippen molar-refractivity contribution in [3.8, 4) is 0 Å². The number of carboxylic acid groups (broad SMARTS) is 1. The molecule has 0 radical (unpaired) electrons. The summed E-state index contributed by atoms with van der Waals surface area (Å²) < 4.78 is 11.9.